The molecular weight excluding hydrogens is 195 g/mol. The van der Waals surface area contributed by atoms with Crippen LogP contribution in [0.25, 0.3) is 5.69 Å². The van der Waals surface area contributed by atoms with Crippen LogP contribution in [-0.4, -0.2) is 15.0 Å². The quantitative estimate of drug-likeness (QED) is 0.696. The van der Waals surface area contributed by atoms with Gasteiger partial charge in [-0.25, -0.2) is 9.07 Å². The lowest BCUT2D eigenvalue weighted by Crippen LogP contribution is -2.10. The molecule has 3 rings (SSSR count). The number of fused-ring (bicyclic) bond motifs is 3. The Balaban J connectivity index is 2.27. The standard InChI is InChI=1S/C10H9FN4/c11-8-2-1-7-4-12-5-9-6-13-14-15(9)10(7)3-8/h1-3,6,12H,4-5H2. The number of rotatable bonds is 0. The van der Waals surface area contributed by atoms with Gasteiger partial charge in [0, 0.05) is 13.1 Å². The molecule has 1 aliphatic heterocycles. The van der Waals surface area contributed by atoms with Crippen molar-refractivity contribution < 1.29 is 4.39 Å². The van der Waals surface area contributed by atoms with Gasteiger partial charge in [-0.1, -0.05) is 11.3 Å². The van der Waals surface area contributed by atoms with Crippen LogP contribution < -0.4 is 5.32 Å². The maximum atomic E-state index is 13.1. The average molecular weight is 204 g/mol. The second-order valence-electron chi connectivity index (χ2n) is 3.51. The Morgan fingerprint density at radius 3 is 3.20 bits per heavy atom. The molecule has 1 aromatic heterocycles. The summed E-state index contributed by atoms with van der Waals surface area (Å²) in [5.41, 5.74) is 2.74. The summed E-state index contributed by atoms with van der Waals surface area (Å²) in [5.74, 6) is -0.253. The molecule has 2 aromatic rings. The molecule has 1 aromatic carbocycles. The van der Waals surface area contributed by atoms with Crippen LogP contribution in [0.3, 0.4) is 0 Å². The first-order chi connectivity index (χ1) is 7.34. The molecule has 5 heteroatoms. The monoisotopic (exact) mass is 204 g/mol. The fourth-order valence-electron chi connectivity index (χ4n) is 1.79. The summed E-state index contributed by atoms with van der Waals surface area (Å²) in [6.45, 7) is 1.42. The van der Waals surface area contributed by atoms with Gasteiger partial charge in [0.25, 0.3) is 0 Å². The summed E-state index contributed by atoms with van der Waals surface area (Å²) in [7, 11) is 0. The molecule has 0 radical (unpaired) electrons. The van der Waals surface area contributed by atoms with E-state index in [1.807, 2.05) is 0 Å². The predicted molar refractivity (Wildman–Crippen MR) is 51.9 cm³/mol. The topological polar surface area (TPSA) is 42.7 Å². The van der Waals surface area contributed by atoms with E-state index < -0.39 is 0 Å². The highest BCUT2D eigenvalue weighted by atomic mass is 19.1. The Hall–Kier alpha value is -1.75. The SMILES string of the molecule is Fc1ccc2c(c1)-n1nncc1CNC2. The first kappa shape index (κ1) is 8.55. The predicted octanol–water partition coefficient (Wildman–Crippen LogP) is 1.01. The molecule has 0 spiro atoms. The lowest BCUT2D eigenvalue weighted by molar-refractivity contribution is 0.623. The van der Waals surface area contributed by atoms with Crippen molar-refractivity contribution in [2.75, 3.05) is 0 Å². The first-order valence-corrected chi connectivity index (χ1v) is 4.74. The van der Waals surface area contributed by atoms with E-state index in [0.717, 1.165) is 23.5 Å². The molecule has 0 saturated carbocycles. The van der Waals surface area contributed by atoms with Crippen LogP contribution >= 0.6 is 0 Å². The van der Waals surface area contributed by atoms with Crippen molar-refractivity contribution in [3.63, 3.8) is 0 Å². The molecule has 0 unspecified atom stereocenters. The van der Waals surface area contributed by atoms with E-state index in [0.29, 0.717) is 6.54 Å². The third-order valence-electron chi connectivity index (χ3n) is 2.52. The van der Waals surface area contributed by atoms with Gasteiger partial charge < -0.3 is 5.32 Å². The summed E-state index contributed by atoms with van der Waals surface area (Å²) in [6.07, 6.45) is 1.69. The lowest BCUT2D eigenvalue weighted by Gasteiger charge is -2.06. The zero-order valence-electron chi connectivity index (χ0n) is 7.94. The van der Waals surface area contributed by atoms with E-state index in [1.165, 1.54) is 12.1 Å². The van der Waals surface area contributed by atoms with Gasteiger partial charge in [0.15, 0.2) is 0 Å². The van der Waals surface area contributed by atoms with Crippen LogP contribution in [0.5, 0.6) is 0 Å². The molecule has 0 aliphatic carbocycles. The second kappa shape index (κ2) is 3.13. The number of halogens is 1. The molecule has 15 heavy (non-hydrogen) atoms. The zero-order valence-corrected chi connectivity index (χ0v) is 7.94. The van der Waals surface area contributed by atoms with Crippen molar-refractivity contribution in [1.82, 2.24) is 20.3 Å². The van der Waals surface area contributed by atoms with Crippen LogP contribution in [0.2, 0.25) is 0 Å². The molecule has 1 aliphatic rings. The fraction of sp³-hybridized carbons (Fsp3) is 0.200. The van der Waals surface area contributed by atoms with Gasteiger partial charge in [-0.3, -0.25) is 0 Å². The first-order valence-electron chi connectivity index (χ1n) is 4.74. The lowest BCUT2D eigenvalue weighted by atomic mass is 10.2. The maximum absolute atomic E-state index is 13.1. The van der Waals surface area contributed by atoms with E-state index in [9.17, 15) is 4.39 Å². The molecule has 0 fully saturated rings. The minimum Gasteiger partial charge on any atom is -0.307 e. The number of aromatic nitrogens is 3. The molecule has 0 saturated heterocycles. The molecule has 0 amide bonds. The molecule has 0 atom stereocenters. The minimum atomic E-state index is -0.253. The van der Waals surface area contributed by atoms with E-state index in [4.69, 9.17) is 0 Å². The van der Waals surface area contributed by atoms with Crippen molar-refractivity contribution in [1.29, 1.82) is 0 Å². The second-order valence-corrected chi connectivity index (χ2v) is 3.51. The molecule has 2 heterocycles. The van der Waals surface area contributed by atoms with E-state index >= 15 is 0 Å². The fourth-order valence-corrected chi connectivity index (χ4v) is 1.79. The third kappa shape index (κ3) is 1.32. The van der Waals surface area contributed by atoms with Crippen molar-refractivity contribution >= 4 is 0 Å². The average Bonchev–Trinajstić information content (AvgIpc) is 2.62. The van der Waals surface area contributed by atoms with Crippen molar-refractivity contribution in [2.45, 2.75) is 13.1 Å². The highest BCUT2D eigenvalue weighted by Gasteiger charge is 2.14. The van der Waals surface area contributed by atoms with Crippen LogP contribution in [0.15, 0.2) is 24.4 Å². The normalized spacial score (nSPS) is 14.2. The van der Waals surface area contributed by atoms with E-state index in [1.54, 1.807) is 16.9 Å². The minimum absolute atomic E-state index is 0.253. The van der Waals surface area contributed by atoms with Crippen molar-refractivity contribution in [3.05, 3.63) is 41.5 Å². The highest BCUT2D eigenvalue weighted by Crippen LogP contribution is 2.19. The molecule has 76 valence electrons. The van der Waals surface area contributed by atoms with Crippen LogP contribution in [-0.2, 0) is 13.1 Å². The van der Waals surface area contributed by atoms with Crippen molar-refractivity contribution in [2.24, 2.45) is 0 Å². The molecule has 1 N–H and O–H groups in total. The van der Waals surface area contributed by atoms with Gasteiger partial charge in [0.2, 0.25) is 0 Å². The molecular formula is C10H9FN4. The number of nitrogens with one attached hydrogen (secondary N) is 1. The number of benzene rings is 1. The number of hydrogen-bond acceptors (Lipinski definition) is 3. The Labute approximate surface area is 85.7 Å². The van der Waals surface area contributed by atoms with E-state index in [-0.39, 0.29) is 5.82 Å². The Morgan fingerprint density at radius 1 is 1.33 bits per heavy atom. The van der Waals surface area contributed by atoms with Crippen LogP contribution in [0.1, 0.15) is 11.3 Å². The van der Waals surface area contributed by atoms with Gasteiger partial charge in [-0.05, 0) is 17.7 Å². The number of nitrogens with zero attached hydrogens (tertiary/aromatic N) is 3. The Bertz CT molecular complexity index is 506. The Kier molecular flexibility index (Phi) is 1.78. The van der Waals surface area contributed by atoms with Crippen LogP contribution in [0, 0.1) is 5.82 Å². The summed E-state index contributed by atoms with van der Waals surface area (Å²) in [4.78, 5) is 0. The zero-order chi connectivity index (χ0) is 10.3. The summed E-state index contributed by atoms with van der Waals surface area (Å²) in [6, 6.07) is 4.72. The van der Waals surface area contributed by atoms with E-state index in [2.05, 4.69) is 15.6 Å². The van der Waals surface area contributed by atoms with Gasteiger partial charge in [0.1, 0.15) is 5.82 Å². The molecule has 4 nitrogen and oxygen atoms in total. The largest absolute Gasteiger partial charge is 0.307 e. The third-order valence-corrected chi connectivity index (χ3v) is 2.52. The van der Waals surface area contributed by atoms with Gasteiger partial charge in [0.05, 0.1) is 17.6 Å². The highest BCUT2D eigenvalue weighted by molar-refractivity contribution is 5.42. The Morgan fingerprint density at radius 2 is 2.27 bits per heavy atom. The smallest absolute Gasteiger partial charge is 0.125 e. The number of hydrogen-bond donors (Lipinski definition) is 1. The van der Waals surface area contributed by atoms with Gasteiger partial charge in [-0.2, -0.15) is 0 Å². The summed E-state index contributed by atoms with van der Waals surface area (Å²) < 4.78 is 14.8. The van der Waals surface area contributed by atoms with Gasteiger partial charge in [-0.15, -0.1) is 5.10 Å². The maximum Gasteiger partial charge on any atom is 0.125 e. The summed E-state index contributed by atoms with van der Waals surface area (Å²) in [5, 5.41) is 11.0. The summed E-state index contributed by atoms with van der Waals surface area (Å²) >= 11 is 0. The van der Waals surface area contributed by atoms with Crippen molar-refractivity contribution in [3.8, 4) is 5.69 Å². The van der Waals surface area contributed by atoms with Crippen LogP contribution in [0.4, 0.5) is 4.39 Å². The van der Waals surface area contributed by atoms with Gasteiger partial charge >= 0.3 is 0 Å². The molecule has 0 bridgehead atoms.